The SMILES string of the molecule is CC(=O)Nc1ccc(CC(=O)NC(C)c2ccccc2)cc1. The van der Waals surface area contributed by atoms with E-state index in [0.717, 1.165) is 16.8 Å². The lowest BCUT2D eigenvalue weighted by molar-refractivity contribution is -0.121. The van der Waals surface area contributed by atoms with Gasteiger partial charge in [-0.2, -0.15) is 0 Å². The number of benzene rings is 2. The molecule has 2 aromatic rings. The first-order chi connectivity index (χ1) is 10.5. The molecule has 2 N–H and O–H groups in total. The predicted molar refractivity (Wildman–Crippen MR) is 87.4 cm³/mol. The summed E-state index contributed by atoms with van der Waals surface area (Å²) in [6, 6.07) is 17.1. The summed E-state index contributed by atoms with van der Waals surface area (Å²) in [5.74, 6) is -0.134. The van der Waals surface area contributed by atoms with Crippen molar-refractivity contribution in [1.82, 2.24) is 5.32 Å². The van der Waals surface area contributed by atoms with E-state index in [1.165, 1.54) is 6.92 Å². The van der Waals surface area contributed by atoms with Crippen LogP contribution in [0.2, 0.25) is 0 Å². The molecular formula is C18H20N2O2. The Kier molecular flexibility index (Phi) is 5.31. The van der Waals surface area contributed by atoms with Gasteiger partial charge in [0.25, 0.3) is 0 Å². The molecule has 0 aliphatic rings. The van der Waals surface area contributed by atoms with Crippen molar-refractivity contribution in [2.75, 3.05) is 5.32 Å². The first kappa shape index (κ1) is 15.8. The third kappa shape index (κ3) is 4.74. The van der Waals surface area contributed by atoms with Crippen LogP contribution in [0.4, 0.5) is 5.69 Å². The molecule has 2 rings (SSSR count). The summed E-state index contributed by atoms with van der Waals surface area (Å²) in [6.07, 6.45) is 0.317. The molecule has 0 aliphatic heterocycles. The maximum atomic E-state index is 12.1. The van der Waals surface area contributed by atoms with Crippen LogP contribution in [0.5, 0.6) is 0 Å². The van der Waals surface area contributed by atoms with E-state index in [1.54, 1.807) is 12.1 Å². The molecule has 1 unspecified atom stereocenters. The fourth-order valence-corrected chi connectivity index (χ4v) is 2.21. The van der Waals surface area contributed by atoms with Crippen LogP contribution in [0.25, 0.3) is 0 Å². The zero-order valence-corrected chi connectivity index (χ0v) is 12.8. The van der Waals surface area contributed by atoms with Gasteiger partial charge >= 0.3 is 0 Å². The van der Waals surface area contributed by atoms with Crippen molar-refractivity contribution in [3.05, 3.63) is 65.7 Å². The van der Waals surface area contributed by atoms with Crippen LogP contribution >= 0.6 is 0 Å². The van der Waals surface area contributed by atoms with E-state index in [1.807, 2.05) is 49.4 Å². The molecule has 0 heterocycles. The molecule has 114 valence electrons. The smallest absolute Gasteiger partial charge is 0.224 e. The van der Waals surface area contributed by atoms with Crippen LogP contribution in [-0.4, -0.2) is 11.8 Å². The van der Waals surface area contributed by atoms with Gasteiger partial charge in [-0.05, 0) is 30.2 Å². The summed E-state index contributed by atoms with van der Waals surface area (Å²) in [6.45, 7) is 3.43. The van der Waals surface area contributed by atoms with Crippen LogP contribution < -0.4 is 10.6 Å². The zero-order valence-electron chi connectivity index (χ0n) is 12.8. The molecule has 4 nitrogen and oxygen atoms in total. The van der Waals surface area contributed by atoms with Crippen molar-refractivity contribution >= 4 is 17.5 Å². The number of hydrogen-bond donors (Lipinski definition) is 2. The van der Waals surface area contributed by atoms with E-state index >= 15 is 0 Å². The minimum Gasteiger partial charge on any atom is -0.349 e. The topological polar surface area (TPSA) is 58.2 Å². The molecule has 0 aliphatic carbocycles. The second-order valence-corrected chi connectivity index (χ2v) is 5.25. The molecule has 0 aromatic heterocycles. The van der Waals surface area contributed by atoms with Gasteiger partial charge in [-0.3, -0.25) is 9.59 Å². The van der Waals surface area contributed by atoms with Crippen LogP contribution in [0.3, 0.4) is 0 Å². The van der Waals surface area contributed by atoms with E-state index in [0.29, 0.717) is 6.42 Å². The van der Waals surface area contributed by atoms with Crippen molar-refractivity contribution in [1.29, 1.82) is 0 Å². The minimum absolute atomic E-state index is 0.0210. The first-order valence-electron chi connectivity index (χ1n) is 7.25. The number of nitrogens with one attached hydrogen (secondary N) is 2. The Balaban J connectivity index is 1.90. The van der Waals surface area contributed by atoms with Gasteiger partial charge in [0, 0.05) is 12.6 Å². The van der Waals surface area contributed by atoms with Crippen molar-refractivity contribution in [2.24, 2.45) is 0 Å². The molecule has 2 amide bonds. The number of carbonyl (C=O) groups excluding carboxylic acids is 2. The Morgan fingerprint density at radius 3 is 2.23 bits per heavy atom. The fraction of sp³-hybridized carbons (Fsp3) is 0.222. The van der Waals surface area contributed by atoms with Gasteiger partial charge < -0.3 is 10.6 Å². The maximum Gasteiger partial charge on any atom is 0.224 e. The number of amides is 2. The van der Waals surface area contributed by atoms with Gasteiger partial charge in [0.1, 0.15) is 0 Å². The molecule has 2 aromatic carbocycles. The zero-order chi connectivity index (χ0) is 15.9. The Morgan fingerprint density at radius 1 is 1.00 bits per heavy atom. The predicted octanol–water partition coefficient (Wildman–Crippen LogP) is 3.06. The van der Waals surface area contributed by atoms with Crippen molar-refractivity contribution in [2.45, 2.75) is 26.3 Å². The first-order valence-corrected chi connectivity index (χ1v) is 7.25. The largest absolute Gasteiger partial charge is 0.349 e. The van der Waals surface area contributed by atoms with Crippen LogP contribution in [-0.2, 0) is 16.0 Å². The summed E-state index contributed by atoms with van der Waals surface area (Å²) in [7, 11) is 0. The van der Waals surface area contributed by atoms with Gasteiger partial charge in [0.05, 0.1) is 12.5 Å². The fourth-order valence-electron chi connectivity index (χ4n) is 2.21. The molecule has 0 saturated carbocycles. The van der Waals surface area contributed by atoms with Gasteiger partial charge in [-0.25, -0.2) is 0 Å². The Bertz CT molecular complexity index is 636. The molecular weight excluding hydrogens is 276 g/mol. The van der Waals surface area contributed by atoms with E-state index in [4.69, 9.17) is 0 Å². The van der Waals surface area contributed by atoms with E-state index in [9.17, 15) is 9.59 Å². The van der Waals surface area contributed by atoms with E-state index in [2.05, 4.69) is 10.6 Å². The second-order valence-electron chi connectivity index (χ2n) is 5.25. The van der Waals surface area contributed by atoms with E-state index in [-0.39, 0.29) is 17.9 Å². The normalized spacial score (nSPS) is 11.5. The number of carbonyl (C=O) groups is 2. The van der Waals surface area contributed by atoms with E-state index < -0.39 is 0 Å². The van der Waals surface area contributed by atoms with Gasteiger partial charge in [-0.1, -0.05) is 42.5 Å². The maximum absolute atomic E-state index is 12.1. The lowest BCUT2D eigenvalue weighted by Crippen LogP contribution is -2.28. The second kappa shape index (κ2) is 7.41. The van der Waals surface area contributed by atoms with Gasteiger partial charge in [-0.15, -0.1) is 0 Å². The van der Waals surface area contributed by atoms with Crippen molar-refractivity contribution in [3.8, 4) is 0 Å². The van der Waals surface area contributed by atoms with Crippen LogP contribution in [0.1, 0.15) is 31.0 Å². The van der Waals surface area contributed by atoms with Crippen LogP contribution in [0, 0.1) is 0 Å². The molecule has 4 heteroatoms. The average Bonchev–Trinajstić information content (AvgIpc) is 2.49. The number of rotatable bonds is 5. The molecule has 0 saturated heterocycles. The molecule has 0 bridgehead atoms. The molecule has 0 fully saturated rings. The summed E-state index contributed by atoms with van der Waals surface area (Å²) < 4.78 is 0. The highest BCUT2D eigenvalue weighted by Gasteiger charge is 2.09. The van der Waals surface area contributed by atoms with Gasteiger partial charge in [0.2, 0.25) is 11.8 Å². The Hall–Kier alpha value is -2.62. The minimum atomic E-state index is -0.109. The molecule has 1 atom stereocenters. The van der Waals surface area contributed by atoms with Crippen molar-refractivity contribution in [3.63, 3.8) is 0 Å². The molecule has 0 spiro atoms. The third-order valence-corrected chi connectivity index (χ3v) is 3.32. The monoisotopic (exact) mass is 296 g/mol. The highest BCUT2D eigenvalue weighted by molar-refractivity contribution is 5.88. The number of anilines is 1. The lowest BCUT2D eigenvalue weighted by atomic mass is 10.1. The highest BCUT2D eigenvalue weighted by atomic mass is 16.2. The highest BCUT2D eigenvalue weighted by Crippen LogP contribution is 2.13. The summed E-state index contributed by atoms with van der Waals surface area (Å²) >= 11 is 0. The summed E-state index contributed by atoms with van der Waals surface area (Å²) in [5, 5.41) is 5.68. The standard InChI is InChI=1S/C18H20N2O2/c1-13(16-6-4-3-5-7-16)19-18(22)12-15-8-10-17(11-9-15)20-14(2)21/h3-11,13H,12H2,1-2H3,(H,19,22)(H,20,21). The average molecular weight is 296 g/mol. The molecule has 0 radical (unpaired) electrons. The summed E-state index contributed by atoms with van der Waals surface area (Å²) in [4.78, 5) is 23.0. The summed E-state index contributed by atoms with van der Waals surface area (Å²) in [5.41, 5.74) is 2.72. The third-order valence-electron chi connectivity index (χ3n) is 3.32. The Labute approximate surface area is 130 Å². The Morgan fingerprint density at radius 2 is 1.64 bits per heavy atom. The van der Waals surface area contributed by atoms with Crippen molar-refractivity contribution < 1.29 is 9.59 Å². The van der Waals surface area contributed by atoms with Gasteiger partial charge in [0.15, 0.2) is 0 Å². The lowest BCUT2D eigenvalue weighted by Gasteiger charge is -2.14. The number of hydrogen-bond acceptors (Lipinski definition) is 2. The quantitative estimate of drug-likeness (QED) is 0.891. The van der Waals surface area contributed by atoms with Crippen LogP contribution in [0.15, 0.2) is 54.6 Å². The molecule has 22 heavy (non-hydrogen) atoms.